The Morgan fingerprint density at radius 3 is 2.28 bits per heavy atom. The fourth-order valence-electron chi connectivity index (χ4n) is 2.98. The van der Waals surface area contributed by atoms with Gasteiger partial charge >= 0.3 is 0 Å². The molecule has 0 aliphatic carbocycles. The number of benzene rings is 2. The van der Waals surface area contributed by atoms with Crippen LogP contribution < -0.4 is 10.2 Å². The zero-order valence-corrected chi connectivity index (χ0v) is 16.7. The molecule has 0 unspecified atom stereocenters. The van der Waals surface area contributed by atoms with Crippen molar-refractivity contribution in [3.05, 3.63) is 66.0 Å². The van der Waals surface area contributed by atoms with Gasteiger partial charge in [0.15, 0.2) is 5.96 Å². The second-order valence-electron chi connectivity index (χ2n) is 5.81. The summed E-state index contributed by atoms with van der Waals surface area (Å²) in [5.74, 6) is 0.740. The summed E-state index contributed by atoms with van der Waals surface area (Å²) in [6.07, 6.45) is 0. The van der Waals surface area contributed by atoms with Crippen molar-refractivity contribution in [3.63, 3.8) is 0 Å². The summed E-state index contributed by atoms with van der Waals surface area (Å²) in [6.45, 7) is 3.96. The van der Waals surface area contributed by atoms with E-state index in [-0.39, 0.29) is 29.8 Å². The molecule has 0 radical (unpaired) electrons. The molecule has 1 N–H and O–H groups in total. The molecular weight excluding hydrogens is 430 g/mol. The number of anilines is 1. The molecule has 6 heteroatoms. The fraction of sp³-hybridized carbons (Fsp3) is 0.316. The maximum atomic E-state index is 13.9. The Kier molecular flexibility index (Phi) is 7.49. The van der Waals surface area contributed by atoms with Gasteiger partial charge in [-0.2, -0.15) is 0 Å². The van der Waals surface area contributed by atoms with Crippen molar-refractivity contribution in [2.24, 2.45) is 4.99 Å². The first-order chi connectivity index (χ1) is 11.8. The zero-order valence-electron chi connectivity index (χ0n) is 14.4. The van der Waals surface area contributed by atoms with Crippen LogP contribution in [0.4, 0.5) is 10.1 Å². The number of piperazine rings is 1. The van der Waals surface area contributed by atoms with Crippen LogP contribution in [0.5, 0.6) is 0 Å². The number of halogens is 2. The minimum absolute atomic E-state index is 0. The predicted molar refractivity (Wildman–Crippen MR) is 112 cm³/mol. The van der Waals surface area contributed by atoms with Crippen LogP contribution >= 0.6 is 24.0 Å². The van der Waals surface area contributed by atoms with Gasteiger partial charge in [-0.1, -0.05) is 42.5 Å². The summed E-state index contributed by atoms with van der Waals surface area (Å²) in [7, 11) is 1.80. The molecule has 0 spiro atoms. The van der Waals surface area contributed by atoms with Crippen LogP contribution in [0, 0.1) is 5.82 Å². The van der Waals surface area contributed by atoms with E-state index in [0.29, 0.717) is 5.69 Å². The van der Waals surface area contributed by atoms with E-state index in [0.717, 1.165) is 38.7 Å². The van der Waals surface area contributed by atoms with Crippen molar-refractivity contribution >= 4 is 35.6 Å². The van der Waals surface area contributed by atoms with Crippen LogP contribution in [0.2, 0.25) is 0 Å². The average Bonchev–Trinajstić information content (AvgIpc) is 2.64. The Bertz CT molecular complexity index is 685. The lowest BCUT2D eigenvalue weighted by molar-refractivity contribution is 0.370. The standard InChI is InChI=1S/C19H23FN4.HI/c1-21-19(22-15-16-7-3-2-4-8-16)24-13-11-23(12-14-24)18-10-6-5-9-17(18)20;/h2-10H,11-15H2,1H3,(H,21,22);1H. The Morgan fingerprint density at radius 2 is 1.64 bits per heavy atom. The summed E-state index contributed by atoms with van der Waals surface area (Å²) < 4.78 is 13.9. The fourth-order valence-corrected chi connectivity index (χ4v) is 2.98. The first kappa shape index (κ1) is 19.5. The van der Waals surface area contributed by atoms with Crippen molar-refractivity contribution in [2.75, 3.05) is 38.1 Å². The number of para-hydroxylation sites is 1. The van der Waals surface area contributed by atoms with Gasteiger partial charge in [0, 0.05) is 39.8 Å². The van der Waals surface area contributed by atoms with Crippen LogP contribution in [0.15, 0.2) is 59.6 Å². The zero-order chi connectivity index (χ0) is 16.8. The lowest BCUT2D eigenvalue weighted by Gasteiger charge is -2.37. The molecule has 1 aliphatic heterocycles. The van der Waals surface area contributed by atoms with Gasteiger partial charge in [0.05, 0.1) is 5.69 Å². The van der Waals surface area contributed by atoms with Crippen LogP contribution in [0.25, 0.3) is 0 Å². The van der Waals surface area contributed by atoms with Crippen LogP contribution in [0.1, 0.15) is 5.56 Å². The number of hydrogen-bond acceptors (Lipinski definition) is 2. The van der Waals surface area contributed by atoms with Gasteiger partial charge < -0.3 is 15.1 Å². The maximum absolute atomic E-state index is 13.9. The topological polar surface area (TPSA) is 30.9 Å². The van der Waals surface area contributed by atoms with Gasteiger partial charge in [0.25, 0.3) is 0 Å². The summed E-state index contributed by atoms with van der Waals surface area (Å²) >= 11 is 0. The van der Waals surface area contributed by atoms with Gasteiger partial charge in [0.2, 0.25) is 0 Å². The molecule has 2 aromatic rings. The summed E-state index contributed by atoms with van der Waals surface area (Å²) in [5.41, 5.74) is 1.91. The molecule has 0 amide bonds. The number of aliphatic imine (C=N–C) groups is 1. The molecule has 0 saturated carbocycles. The molecule has 1 aliphatic rings. The van der Waals surface area contributed by atoms with Gasteiger partial charge in [-0.15, -0.1) is 24.0 Å². The second-order valence-corrected chi connectivity index (χ2v) is 5.81. The van der Waals surface area contributed by atoms with Crippen LogP contribution in [-0.4, -0.2) is 44.1 Å². The smallest absolute Gasteiger partial charge is 0.194 e. The maximum Gasteiger partial charge on any atom is 0.194 e. The van der Waals surface area contributed by atoms with Crippen molar-refractivity contribution in [2.45, 2.75) is 6.54 Å². The average molecular weight is 454 g/mol. The molecule has 25 heavy (non-hydrogen) atoms. The third-order valence-electron chi connectivity index (χ3n) is 4.28. The van der Waals surface area contributed by atoms with E-state index in [2.05, 4.69) is 32.2 Å². The number of hydrogen-bond donors (Lipinski definition) is 1. The SMILES string of the molecule is CN=C(NCc1ccccc1)N1CCN(c2ccccc2F)CC1.I. The summed E-state index contributed by atoms with van der Waals surface area (Å²) in [4.78, 5) is 8.70. The number of nitrogens with one attached hydrogen (secondary N) is 1. The number of rotatable bonds is 3. The molecule has 0 atom stereocenters. The molecule has 0 bridgehead atoms. The van der Waals surface area contributed by atoms with Crippen LogP contribution in [-0.2, 0) is 6.54 Å². The highest BCUT2D eigenvalue weighted by Crippen LogP contribution is 2.20. The predicted octanol–water partition coefficient (Wildman–Crippen LogP) is 3.34. The van der Waals surface area contributed by atoms with Gasteiger partial charge in [-0.3, -0.25) is 4.99 Å². The Hall–Kier alpha value is -1.83. The quantitative estimate of drug-likeness (QED) is 0.439. The van der Waals surface area contributed by atoms with Gasteiger partial charge in [-0.05, 0) is 17.7 Å². The van der Waals surface area contributed by atoms with Crippen molar-refractivity contribution in [3.8, 4) is 0 Å². The normalized spacial score (nSPS) is 14.9. The molecule has 1 fully saturated rings. The summed E-state index contributed by atoms with van der Waals surface area (Å²) in [6, 6.07) is 17.2. The minimum atomic E-state index is -0.155. The van der Waals surface area contributed by atoms with E-state index in [1.165, 1.54) is 11.6 Å². The Morgan fingerprint density at radius 1 is 1.00 bits per heavy atom. The van der Waals surface area contributed by atoms with E-state index in [1.807, 2.05) is 30.3 Å². The van der Waals surface area contributed by atoms with Crippen molar-refractivity contribution < 1.29 is 4.39 Å². The lowest BCUT2D eigenvalue weighted by Crippen LogP contribution is -2.52. The van der Waals surface area contributed by atoms with E-state index < -0.39 is 0 Å². The first-order valence-corrected chi connectivity index (χ1v) is 8.27. The Balaban J connectivity index is 0.00000225. The van der Waals surface area contributed by atoms with E-state index >= 15 is 0 Å². The number of guanidine groups is 1. The third kappa shape index (κ3) is 5.07. The highest BCUT2D eigenvalue weighted by molar-refractivity contribution is 14.0. The lowest BCUT2D eigenvalue weighted by atomic mass is 10.2. The highest BCUT2D eigenvalue weighted by atomic mass is 127. The largest absolute Gasteiger partial charge is 0.366 e. The molecule has 1 heterocycles. The highest BCUT2D eigenvalue weighted by Gasteiger charge is 2.21. The van der Waals surface area contributed by atoms with Crippen molar-refractivity contribution in [1.29, 1.82) is 0 Å². The molecular formula is C19H24FIN4. The molecule has 1 saturated heterocycles. The molecule has 0 aromatic heterocycles. The Labute approximate surface area is 165 Å². The van der Waals surface area contributed by atoms with Crippen molar-refractivity contribution in [1.82, 2.24) is 10.2 Å². The summed E-state index contributed by atoms with van der Waals surface area (Å²) in [5, 5.41) is 3.40. The molecule has 134 valence electrons. The van der Waals surface area contributed by atoms with E-state index in [9.17, 15) is 4.39 Å². The first-order valence-electron chi connectivity index (χ1n) is 8.27. The molecule has 4 nitrogen and oxygen atoms in total. The third-order valence-corrected chi connectivity index (χ3v) is 4.28. The van der Waals surface area contributed by atoms with Gasteiger partial charge in [0.1, 0.15) is 5.82 Å². The van der Waals surface area contributed by atoms with E-state index in [4.69, 9.17) is 0 Å². The minimum Gasteiger partial charge on any atom is -0.366 e. The van der Waals surface area contributed by atoms with Crippen LogP contribution in [0.3, 0.4) is 0 Å². The molecule has 3 rings (SSSR count). The monoisotopic (exact) mass is 454 g/mol. The second kappa shape index (κ2) is 9.60. The van der Waals surface area contributed by atoms with Gasteiger partial charge in [-0.25, -0.2) is 4.39 Å². The molecule has 2 aromatic carbocycles. The van der Waals surface area contributed by atoms with E-state index in [1.54, 1.807) is 13.1 Å². The number of nitrogens with zero attached hydrogens (tertiary/aromatic N) is 3.